The van der Waals surface area contributed by atoms with Crippen LogP contribution < -0.4 is 10.2 Å². The molecular weight excluding hydrogens is 388 g/mol. The number of aromatic nitrogens is 1. The second-order valence-corrected chi connectivity index (χ2v) is 7.44. The number of para-hydroxylation sites is 2. The Labute approximate surface area is 162 Å². The molecule has 1 amide bonds. The molecular formula is C17H14N4O4S2. The SMILES string of the molecule is COc1cccc(/C=N/NC(=O)CSc2nc3ccccc3s2)c1[N+](=O)[O-]. The van der Waals surface area contributed by atoms with Crippen molar-refractivity contribution in [3.63, 3.8) is 0 Å². The Morgan fingerprint density at radius 3 is 2.93 bits per heavy atom. The number of nitrogens with one attached hydrogen (secondary N) is 1. The van der Waals surface area contributed by atoms with E-state index >= 15 is 0 Å². The molecule has 8 nitrogen and oxygen atoms in total. The lowest BCUT2D eigenvalue weighted by atomic mass is 10.2. The fourth-order valence-corrected chi connectivity index (χ4v) is 4.11. The van der Waals surface area contributed by atoms with E-state index in [1.54, 1.807) is 6.07 Å². The molecule has 2 aromatic carbocycles. The van der Waals surface area contributed by atoms with E-state index in [4.69, 9.17) is 4.74 Å². The zero-order valence-electron chi connectivity index (χ0n) is 14.1. The number of fused-ring (bicyclic) bond motifs is 1. The molecule has 1 aromatic heterocycles. The van der Waals surface area contributed by atoms with Crippen molar-refractivity contribution in [1.82, 2.24) is 10.4 Å². The summed E-state index contributed by atoms with van der Waals surface area (Å²) in [5.41, 5.74) is 3.29. The summed E-state index contributed by atoms with van der Waals surface area (Å²) in [7, 11) is 1.35. The number of methoxy groups -OCH3 is 1. The van der Waals surface area contributed by atoms with Crippen LogP contribution in [0.1, 0.15) is 5.56 Å². The van der Waals surface area contributed by atoms with Crippen molar-refractivity contribution < 1.29 is 14.5 Å². The van der Waals surface area contributed by atoms with Gasteiger partial charge in [0, 0.05) is 0 Å². The van der Waals surface area contributed by atoms with Crippen molar-refractivity contribution in [3.05, 3.63) is 58.1 Å². The summed E-state index contributed by atoms with van der Waals surface area (Å²) in [4.78, 5) is 27.0. The quantitative estimate of drug-likeness (QED) is 0.281. The lowest BCUT2D eigenvalue weighted by molar-refractivity contribution is -0.385. The first-order valence-corrected chi connectivity index (χ1v) is 9.50. The third-order valence-corrected chi connectivity index (χ3v) is 5.61. The van der Waals surface area contributed by atoms with E-state index in [9.17, 15) is 14.9 Å². The van der Waals surface area contributed by atoms with Crippen LogP contribution in [0.3, 0.4) is 0 Å². The van der Waals surface area contributed by atoms with Crippen LogP contribution >= 0.6 is 23.1 Å². The Hall–Kier alpha value is -2.98. The molecule has 3 aromatic rings. The van der Waals surface area contributed by atoms with Gasteiger partial charge in [0.1, 0.15) is 0 Å². The van der Waals surface area contributed by atoms with Gasteiger partial charge in [0.2, 0.25) is 0 Å². The molecule has 10 heteroatoms. The molecule has 0 aliphatic heterocycles. The summed E-state index contributed by atoms with van der Waals surface area (Å²) >= 11 is 2.82. The Morgan fingerprint density at radius 1 is 1.37 bits per heavy atom. The number of amides is 1. The summed E-state index contributed by atoms with van der Waals surface area (Å²) in [5.74, 6) is -0.0695. The van der Waals surface area contributed by atoms with Crippen LogP contribution in [0, 0.1) is 10.1 Å². The molecule has 0 aliphatic rings. The van der Waals surface area contributed by atoms with E-state index in [0.717, 1.165) is 14.6 Å². The minimum atomic E-state index is -0.551. The van der Waals surface area contributed by atoms with E-state index in [0.29, 0.717) is 0 Å². The van der Waals surface area contributed by atoms with Crippen LogP contribution in [0.2, 0.25) is 0 Å². The number of benzene rings is 2. The van der Waals surface area contributed by atoms with E-state index in [2.05, 4.69) is 15.5 Å². The molecule has 0 atom stereocenters. The molecule has 0 radical (unpaired) electrons. The van der Waals surface area contributed by atoms with Gasteiger partial charge in [0.25, 0.3) is 5.91 Å². The minimum Gasteiger partial charge on any atom is -0.490 e. The van der Waals surface area contributed by atoms with Gasteiger partial charge in [-0.15, -0.1) is 11.3 Å². The Kier molecular flexibility index (Phi) is 5.99. The number of hydrogen-bond acceptors (Lipinski definition) is 8. The molecule has 0 aliphatic carbocycles. The Bertz CT molecular complexity index is 986. The molecule has 0 fully saturated rings. The highest BCUT2D eigenvalue weighted by Crippen LogP contribution is 2.30. The monoisotopic (exact) mass is 402 g/mol. The highest BCUT2D eigenvalue weighted by atomic mass is 32.2. The highest BCUT2D eigenvalue weighted by molar-refractivity contribution is 8.01. The van der Waals surface area contributed by atoms with Crippen molar-refractivity contribution in [2.75, 3.05) is 12.9 Å². The van der Waals surface area contributed by atoms with Crippen LogP contribution in [0.4, 0.5) is 5.69 Å². The molecule has 0 unspecified atom stereocenters. The maximum absolute atomic E-state index is 11.9. The van der Waals surface area contributed by atoms with Crippen molar-refractivity contribution >= 4 is 51.1 Å². The number of hydrogen-bond donors (Lipinski definition) is 1. The smallest absolute Gasteiger partial charge is 0.319 e. The zero-order chi connectivity index (χ0) is 19.2. The van der Waals surface area contributed by atoms with Gasteiger partial charge in [-0.2, -0.15) is 5.10 Å². The number of rotatable bonds is 7. The second kappa shape index (κ2) is 8.60. The van der Waals surface area contributed by atoms with Crippen LogP contribution in [0.15, 0.2) is 51.9 Å². The number of hydrazone groups is 1. The van der Waals surface area contributed by atoms with Crippen LogP contribution in [0.5, 0.6) is 5.75 Å². The summed E-state index contributed by atoms with van der Waals surface area (Å²) in [6, 6.07) is 12.4. The topological polar surface area (TPSA) is 107 Å². The fraction of sp³-hybridized carbons (Fsp3) is 0.118. The average molecular weight is 402 g/mol. The Morgan fingerprint density at radius 2 is 2.19 bits per heavy atom. The van der Waals surface area contributed by atoms with Gasteiger partial charge in [-0.1, -0.05) is 30.0 Å². The van der Waals surface area contributed by atoms with Gasteiger partial charge >= 0.3 is 5.69 Å². The summed E-state index contributed by atoms with van der Waals surface area (Å²) in [6.45, 7) is 0. The molecule has 0 saturated heterocycles. The van der Waals surface area contributed by atoms with Crippen LogP contribution in [0.25, 0.3) is 10.2 Å². The van der Waals surface area contributed by atoms with Crippen LogP contribution in [-0.4, -0.2) is 34.9 Å². The maximum Gasteiger partial charge on any atom is 0.319 e. The van der Waals surface area contributed by atoms with Gasteiger partial charge in [-0.05, 0) is 24.3 Å². The van der Waals surface area contributed by atoms with Gasteiger partial charge in [-0.25, -0.2) is 10.4 Å². The molecule has 0 bridgehead atoms. The van der Waals surface area contributed by atoms with Gasteiger partial charge in [-0.3, -0.25) is 14.9 Å². The first-order chi connectivity index (χ1) is 13.1. The number of ether oxygens (including phenoxy) is 1. The Balaban J connectivity index is 1.60. The first kappa shape index (κ1) is 18.8. The number of thiazole rings is 1. The number of nitrogens with zero attached hydrogens (tertiary/aromatic N) is 3. The zero-order valence-corrected chi connectivity index (χ0v) is 15.8. The minimum absolute atomic E-state index is 0.127. The third kappa shape index (κ3) is 4.60. The number of carbonyl (C=O) groups excluding carboxylic acids is 1. The van der Waals surface area contributed by atoms with E-state index < -0.39 is 4.92 Å². The average Bonchev–Trinajstić information content (AvgIpc) is 3.09. The lowest BCUT2D eigenvalue weighted by Crippen LogP contribution is -2.19. The lowest BCUT2D eigenvalue weighted by Gasteiger charge is -2.03. The molecule has 1 heterocycles. The molecule has 0 saturated carbocycles. The van der Waals surface area contributed by atoms with E-state index in [1.165, 1.54) is 48.6 Å². The van der Waals surface area contributed by atoms with Crippen molar-refractivity contribution in [1.29, 1.82) is 0 Å². The molecule has 27 heavy (non-hydrogen) atoms. The molecule has 138 valence electrons. The van der Waals surface area contributed by atoms with Crippen LogP contribution in [-0.2, 0) is 4.79 Å². The fourth-order valence-electron chi connectivity index (χ4n) is 2.25. The van der Waals surface area contributed by atoms with E-state index in [1.807, 2.05) is 24.3 Å². The first-order valence-electron chi connectivity index (χ1n) is 7.70. The number of nitro groups is 1. The van der Waals surface area contributed by atoms with Crippen molar-refractivity contribution in [2.45, 2.75) is 4.34 Å². The summed E-state index contributed by atoms with van der Waals surface area (Å²) in [5, 5.41) is 15.0. The largest absolute Gasteiger partial charge is 0.490 e. The summed E-state index contributed by atoms with van der Waals surface area (Å²) < 4.78 is 6.84. The molecule has 1 N–H and O–H groups in total. The molecule has 0 spiro atoms. The van der Waals surface area contributed by atoms with Crippen molar-refractivity contribution in [3.8, 4) is 5.75 Å². The predicted octanol–water partition coefficient (Wildman–Crippen LogP) is 3.46. The van der Waals surface area contributed by atoms with Gasteiger partial charge < -0.3 is 4.74 Å². The van der Waals surface area contributed by atoms with E-state index in [-0.39, 0.29) is 28.7 Å². The van der Waals surface area contributed by atoms with Crippen molar-refractivity contribution in [2.24, 2.45) is 5.10 Å². The number of nitro benzene ring substituents is 1. The standard InChI is InChI=1S/C17H14N4O4S2/c1-25-13-7-4-5-11(16(13)21(23)24)9-18-20-15(22)10-26-17-19-12-6-2-3-8-14(12)27-17/h2-9H,10H2,1H3,(H,20,22)/b18-9+. The number of carbonyl (C=O) groups is 1. The summed E-state index contributed by atoms with van der Waals surface area (Å²) in [6.07, 6.45) is 1.22. The molecule has 3 rings (SSSR count). The van der Waals surface area contributed by atoms with Gasteiger partial charge in [0.15, 0.2) is 10.1 Å². The highest BCUT2D eigenvalue weighted by Gasteiger charge is 2.19. The number of thioether (sulfide) groups is 1. The predicted molar refractivity (Wildman–Crippen MR) is 106 cm³/mol. The maximum atomic E-state index is 11.9. The third-order valence-electron chi connectivity index (χ3n) is 3.43. The van der Waals surface area contributed by atoms with Gasteiger partial charge in [0.05, 0.1) is 39.8 Å². The second-order valence-electron chi connectivity index (χ2n) is 5.18. The normalized spacial score (nSPS) is 11.0.